The molecule has 3 heterocycles. The van der Waals surface area contributed by atoms with Crippen molar-refractivity contribution in [2.24, 2.45) is 5.92 Å². The van der Waals surface area contributed by atoms with Crippen LogP contribution in [-0.4, -0.2) is 38.0 Å². The Bertz CT molecular complexity index is 719. The second-order valence-corrected chi connectivity index (χ2v) is 6.19. The van der Waals surface area contributed by atoms with E-state index in [0.29, 0.717) is 36.3 Å². The molecule has 0 spiro atoms. The van der Waals surface area contributed by atoms with E-state index in [4.69, 9.17) is 0 Å². The number of halogens is 3. The van der Waals surface area contributed by atoms with Crippen LogP contribution in [0.15, 0.2) is 6.07 Å². The van der Waals surface area contributed by atoms with E-state index in [1.807, 2.05) is 24.9 Å². The Labute approximate surface area is 137 Å². The molecule has 2 aromatic heterocycles. The topological polar surface area (TPSA) is 59.7 Å². The molecule has 2 aromatic rings. The summed E-state index contributed by atoms with van der Waals surface area (Å²) in [6, 6.07) is 1.83. The van der Waals surface area contributed by atoms with Crippen molar-refractivity contribution < 1.29 is 13.2 Å². The van der Waals surface area contributed by atoms with E-state index >= 15 is 0 Å². The first kappa shape index (κ1) is 16.7. The molecule has 0 amide bonds. The van der Waals surface area contributed by atoms with E-state index < -0.39 is 12.1 Å². The van der Waals surface area contributed by atoms with Crippen LogP contribution in [0.5, 0.6) is 0 Å². The van der Waals surface area contributed by atoms with E-state index in [-0.39, 0.29) is 13.0 Å². The number of rotatable bonds is 3. The van der Waals surface area contributed by atoms with Gasteiger partial charge in [0.15, 0.2) is 5.82 Å². The molecule has 24 heavy (non-hydrogen) atoms. The van der Waals surface area contributed by atoms with Crippen molar-refractivity contribution in [1.82, 2.24) is 24.7 Å². The fourth-order valence-corrected chi connectivity index (χ4v) is 2.95. The Morgan fingerprint density at radius 3 is 2.67 bits per heavy atom. The highest BCUT2D eigenvalue weighted by Crippen LogP contribution is 2.34. The van der Waals surface area contributed by atoms with Gasteiger partial charge in [-0.05, 0) is 20.3 Å². The van der Waals surface area contributed by atoms with Crippen LogP contribution in [0.3, 0.4) is 0 Å². The molecule has 0 saturated heterocycles. The highest BCUT2D eigenvalue weighted by atomic mass is 19.4. The zero-order valence-electron chi connectivity index (χ0n) is 13.8. The fourth-order valence-electron chi connectivity index (χ4n) is 2.95. The van der Waals surface area contributed by atoms with Crippen molar-refractivity contribution in [2.45, 2.75) is 46.0 Å². The molecule has 0 N–H and O–H groups in total. The zero-order chi connectivity index (χ0) is 17.5. The van der Waals surface area contributed by atoms with Gasteiger partial charge in [-0.2, -0.15) is 13.2 Å². The molecule has 1 aliphatic heterocycles. The van der Waals surface area contributed by atoms with Crippen LogP contribution >= 0.6 is 0 Å². The van der Waals surface area contributed by atoms with Gasteiger partial charge in [0, 0.05) is 31.8 Å². The maximum Gasteiger partial charge on any atom is 0.393 e. The first-order chi connectivity index (χ1) is 11.2. The summed E-state index contributed by atoms with van der Waals surface area (Å²) in [6.45, 7) is 3.90. The molecule has 9 heteroatoms. The normalized spacial score (nSPS) is 17.7. The van der Waals surface area contributed by atoms with E-state index in [0.717, 1.165) is 5.69 Å². The van der Waals surface area contributed by atoms with Crippen molar-refractivity contribution >= 4 is 5.82 Å². The van der Waals surface area contributed by atoms with Gasteiger partial charge in [-0.15, -0.1) is 10.2 Å². The second kappa shape index (κ2) is 6.03. The van der Waals surface area contributed by atoms with E-state index in [9.17, 15) is 13.2 Å². The minimum absolute atomic E-state index is 0.0712. The van der Waals surface area contributed by atoms with Crippen molar-refractivity contribution in [3.05, 3.63) is 29.2 Å². The fraction of sp³-hybridized carbons (Fsp3) is 0.600. The van der Waals surface area contributed by atoms with Gasteiger partial charge in [0.05, 0.1) is 12.5 Å². The number of alkyl halides is 3. The number of hydrogen-bond donors (Lipinski definition) is 0. The summed E-state index contributed by atoms with van der Waals surface area (Å²) in [6.07, 6.45) is -3.82. The van der Waals surface area contributed by atoms with Gasteiger partial charge in [-0.3, -0.25) is 0 Å². The third kappa shape index (κ3) is 3.34. The van der Waals surface area contributed by atoms with E-state index in [1.54, 1.807) is 11.5 Å². The monoisotopic (exact) mass is 340 g/mol. The summed E-state index contributed by atoms with van der Waals surface area (Å²) in [5.74, 6) is 1.16. The van der Waals surface area contributed by atoms with Crippen LogP contribution in [0.4, 0.5) is 19.0 Å². The molecule has 3 rings (SSSR count). The third-order valence-corrected chi connectivity index (χ3v) is 4.21. The molecule has 0 fully saturated rings. The molecular weight excluding hydrogens is 321 g/mol. The van der Waals surface area contributed by atoms with Crippen molar-refractivity contribution in [1.29, 1.82) is 0 Å². The summed E-state index contributed by atoms with van der Waals surface area (Å²) >= 11 is 0. The van der Waals surface area contributed by atoms with E-state index in [1.165, 1.54) is 0 Å². The van der Waals surface area contributed by atoms with Crippen molar-refractivity contribution in [3.63, 3.8) is 0 Å². The van der Waals surface area contributed by atoms with E-state index in [2.05, 4.69) is 20.2 Å². The lowest BCUT2D eigenvalue weighted by atomic mass is 9.99. The standard InChI is InChI=1S/C15H19F3N6/c1-9-6-13(20-10(2)19-9)23(3)8-14-22-21-12-5-4-11(7-24(12)14)15(16,17)18/h6,11H,4-5,7-8H2,1-3H3. The summed E-state index contributed by atoms with van der Waals surface area (Å²) in [4.78, 5) is 10.4. The van der Waals surface area contributed by atoms with Gasteiger partial charge in [0.25, 0.3) is 0 Å². The molecule has 6 nitrogen and oxygen atoms in total. The highest BCUT2D eigenvalue weighted by Gasteiger charge is 2.42. The van der Waals surface area contributed by atoms with Crippen LogP contribution in [0.1, 0.15) is 29.6 Å². The van der Waals surface area contributed by atoms with Crippen molar-refractivity contribution in [2.75, 3.05) is 11.9 Å². The molecule has 1 aliphatic rings. The first-order valence-corrected chi connectivity index (χ1v) is 7.75. The molecule has 0 aromatic carbocycles. The maximum atomic E-state index is 13.0. The Morgan fingerprint density at radius 2 is 2.00 bits per heavy atom. The molecule has 0 saturated carbocycles. The number of nitrogens with zero attached hydrogens (tertiary/aromatic N) is 6. The van der Waals surface area contributed by atoms with Gasteiger partial charge < -0.3 is 9.47 Å². The van der Waals surface area contributed by atoms with Crippen LogP contribution in [-0.2, 0) is 19.5 Å². The van der Waals surface area contributed by atoms with Crippen LogP contribution < -0.4 is 4.90 Å². The summed E-state index contributed by atoms with van der Waals surface area (Å²) in [5.41, 5.74) is 0.838. The van der Waals surface area contributed by atoms with Crippen LogP contribution in [0, 0.1) is 19.8 Å². The highest BCUT2D eigenvalue weighted by molar-refractivity contribution is 5.38. The lowest BCUT2D eigenvalue weighted by Crippen LogP contribution is -2.33. The van der Waals surface area contributed by atoms with Crippen LogP contribution in [0.2, 0.25) is 0 Å². The lowest BCUT2D eigenvalue weighted by Gasteiger charge is -2.27. The zero-order valence-corrected chi connectivity index (χ0v) is 13.8. The van der Waals surface area contributed by atoms with Gasteiger partial charge in [-0.25, -0.2) is 9.97 Å². The Balaban J connectivity index is 1.81. The number of aromatic nitrogens is 5. The van der Waals surface area contributed by atoms with Gasteiger partial charge in [-0.1, -0.05) is 0 Å². The second-order valence-electron chi connectivity index (χ2n) is 6.19. The Hall–Kier alpha value is -2.19. The third-order valence-electron chi connectivity index (χ3n) is 4.21. The lowest BCUT2D eigenvalue weighted by molar-refractivity contribution is -0.182. The van der Waals surface area contributed by atoms with Gasteiger partial charge in [0.1, 0.15) is 17.5 Å². The number of fused-ring (bicyclic) bond motifs is 1. The maximum absolute atomic E-state index is 13.0. The predicted molar refractivity (Wildman–Crippen MR) is 81.5 cm³/mol. The molecule has 1 atom stereocenters. The minimum Gasteiger partial charge on any atom is -0.352 e. The molecule has 0 aliphatic carbocycles. The van der Waals surface area contributed by atoms with Gasteiger partial charge in [0.2, 0.25) is 0 Å². The smallest absolute Gasteiger partial charge is 0.352 e. The number of aryl methyl sites for hydroxylation is 3. The van der Waals surface area contributed by atoms with Gasteiger partial charge >= 0.3 is 6.18 Å². The molecular formula is C15H19F3N6. The molecule has 1 unspecified atom stereocenters. The molecule has 130 valence electrons. The Morgan fingerprint density at radius 1 is 1.25 bits per heavy atom. The number of anilines is 1. The Kier molecular flexibility index (Phi) is 4.18. The summed E-state index contributed by atoms with van der Waals surface area (Å²) in [5, 5.41) is 8.13. The summed E-state index contributed by atoms with van der Waals surface area (Å²) in [7, 11) is 1.83. The molecule has 0 radical (unpaired) electrons. The predicted octanol–water partition coefficient (Wildman–Crippen LogP) is 2.45. The number of hydrogen-bond acceptors (Lipinski definition) is 5. The largest absolute Gasteiger partial charge is 0.393 e. The summed E-state index contributed by atoms with van der Waals surface area (Å²) < 4.78 is 40.6. The average Bonchev–Trinajstić information content (AvgIpc) is 2.87. The minimum atomic E-state index is -4.19. The molecule has 0 bridgehead atoms. The SMILES string of the molecule is Cc1cc(N(C)Cc2nnc3n2CC(C(F)(F)F)CC3)nc(C)n1. The average molecular weight is 340 g/mol. The first-order valence-electron chi connectivity index (χ1n) is 7.75. The quantitative estimate of drug-likeness (QED) is 0.859. The van der Waals surface area contributed by atoms with Crippen LogP contribution in [0.25, 0.3) is 0 Å². The van der Waals surface area contributed by atoms with Crippen molar-refractivity contribution in [3.8, 4) is 0 Å².